The maximum atomic E-state index is 12.3. The second kappa shape index (κ2) is 8.22. The maximum Gasteiger partial charge on any atom is 0.248 e. The van der Waals surface area contributed by atoms with Crippen molar-refractivity contribution in [1.29, 1.82) is 0 Å². The molecular formula is C19H15ClN4O2S2. The van der Waals surface area contributed by atoms with Crippen molar-refractivity contribution in [3.05, 3.63) is 56.9 Å². The third kappa shape index (κ3) is 4.30. The van der Waals surface area contributed by atoms with Gasteiger partial charge in [0.15, 0.2) is 5.13 Å². The summed E-state index contributed by atoms with van der Waals surface area (Å²) in [4.78, 5) is 17.8. The van der Waals surface area contributed by atoms with Crippen LogP contribution < -0.4 is 5.32 Å². The number of aryl methyl sites for hydroxylation is 2. The number of aromatic nitrogens is 3. The van der Waals surface area contributed by atoms with Crippen LogP contribution in [0.25, 0.3) is 22.7 Å². The predicted octanol–water partition coefficient (Wildman–Crippen LogP) is 5.45. The average molecular weight is 431 g/mol. The first kappa shape index (κ1) is 18.8. The van der Waals surface area contributed by atoms with Gasteiger partial charge in [0.1, 0.15) is 0 Å². The predicted molar refractivity (Wildman–Crippen MR) is 112 cm³/mol. The molecule has 0 saturated carbocycles. The van der Waals surface area contributed by atoms with E-state index in [1.54, 1.807) is 11.3 Å². The van der Waals surface area contributed by atoms with Crippen molar-refractivity contribution in [2.24, 2.45) is 0 Å². The van der Waals surface area contributed by atoms with Gasteiger partial charge in [0.05, 0.1) is 5.69 Å². The van der Waals surface area contributed by atoms with Gasteiger partial charge in [-0.2, -0.15) is 11.3 Å². The highest BCUT2D eigenvalue weighted by atomic mass is 35.5. The number of carbonyl (C=O) groups is 1. The van der Waals surface area contributed by atoms with Crippen LogP contribution in [0.4, 0.5) is 5.13 Å². The minimum absolute atomic E-state index is 0.147. The van der Waals surface area contributed by atoms with Gasteiger partial charge in [0.2, 0.25) is 17.7 Å². The lowest BCUT2D eigenvalue weighted by Crippen LogP contribution is -2.12. The summed E-state index contributed by atoms with van der Waals surface area (Å²) in [5.41, 5.74) is 2.70. The number of hydrogen-bond acceptors (Lipinski definition) is 7. The lowest BCUT2D eigenvalue weighted by atomic mass is 10.1. The Morgan fingerprint density at radius 1 is 1.18 bits per heavy atom. The normalized spacial score (nSPS) is 10.9. The molecule has 0 aliphatic carbocycles. The molecule has 4 aromatic rings. The molecule has 0 radical (unpaired) electrons. The molecular weight excluding hydrogens is 416 g/mol. The monoisotopic (exact) mass is 430 g/mol. The molecule has 28 heavy (non-hydrogen) atoms. The Kier molecular flexibility index (Phi) is 5.52. The zero-order valence-electron chi connectivity index (χ0n) is 14.8. The molecule has 0 saturated heterocycles. The van der Waals surface area contributed by atoms with Gasteiger partial charge < -0.3 is 9.73 Å². The number of carbonyl (C=O) groups excluding carboxylic acids is 1. The molecule has 6 nitrogen and oxygen atoms in total. The van der Waals surface area contributed by atoms with Gasteiger partial charge in [-0.15, -0.1) is 21.5 Å². The van der Waals surface area contributed by atoms with Crippen molar-refractivity contribution in [3.63, 3.8) is 0 Å². The van der Waals surface area contributed by atoms with Crippen molar-refractivity contribution in [2.75, 3.05) is 5.32 Å². The summed E-state index contributed by atoms with van der Waals surface area (Å²) in [6, 6.07) is 9.39. The number of anilines is 1. The summed E-state index contributed by atoms with van der Waals surface area (Å²) >= 11 is 8.94. The van der Waals surface area contributed by atoms with E-state index in [1.165, 1.54) is 11.3 Å². The Hall–Kier alpha value is -2.55. The lowest BCUT2D eigenvalue weighted by Gasteiger charge is -2.00. The molecule has 0 atom stereocenters. The molecule has 1 amide bonds. The topological polar surface area (TPSA) is 80.9 Å². The van der Waals surface area contributed by atoms with Gasteiger partial charge in [-0.25, -0.2) is 4.98 Å². The molecule has 1 N–H and O–H groups in total. The Morgan fingerprint density at radius 2 is 2.00 bits per heavy atom. The number of thiophene rings is 1. The summed E-state index contributed by atoms with van der Waals surface area (Å²) < 4.78 is 5.60. The largest absolute Gasteiger partial charge is 0.421 e. The number of amides is 1. The highest BCUT2D eigenvalue weighted by Crippen LogP contribution is 2.31. The summed E-state index contributed by atoms with van der Waals surface area (Å²) in [5, 5.41) is 16.0. The van der Waals surface area contributed by atoms with Gasteiger partial charge in [0.25, 0.3) is 0 Å². The number of nitrogens with one attached hydrogen (secondary N) is 1. The Balaban J connectivity index is 1.36. The van der Waals surface area contributed by atoms with Crippen molar-refractivity contribution in [3.8, 4) is 22.7 Å². The first-order chi connectivity index (χ1) is 13.6. The van der Waals surface area contributed by atoms with Crippen LogP contribution in [0.2, 0.25) is 5.02 Å². The number of hydrogen-bond donors (Lipinski definition) is 1. The van der Waals surface area contributed by atoms with E-state index in [2.05, 4.69) is 20.5 Å². The smallest absolute Gasteiger partial charge is 0.248 e. The molecule has 0 spiro atoms. The van der Waals surface area contributed by atoms with Crippen LogP contribution in [-0.2, 0) is 11.2 Å². The molecule has 0 fully saturated rings. The van der Waals surface area contributed by atoms with Crippen LogP contribution in [0.3, 0.4) is 0 Å². The Bertz CT molecular complexity index is 1090. The van der Waals surface area contributed by atoms with E-state index in [0.717, 1.165) is 21.7 Å². The summed E-state index contributed by atoms with van der Waals surface area (Å²) in [7, 11) is 0. The van der Waals surface area contributed by atoms with E-state index in [1.807, 2.05) is 48.0 Å². The molecule has 4 rings (SSSR count). The molecule has 3 aromatic heterocycles. The van der Waals surface area contributed by atoms with E-state index in [9.17, 15) is 4.79 Å². The zero-order chi connectivity index (χ0) is 19.5. The number of benzene rings is 1. The second-order valence-corrected chi connectivity index (χ2v) is 8.41. The number of halogens is 1. The quantitative estimate of drug-likeness (QED) is 0.439. The van der Waals surface area contributed by atoms with Crippen LogP contribution in [-0.4, -0.2) is 21.1 Å². The standard InChI is InChI=1S/C19H15ClN4O2S2/c1-11-17(12-2-4-14(20)5-3-12)22-19(28-11)21-15(25)6-7-16-23-24-18(26-16)13-8-9-27-10-13/h2-5,8-10H,6-7H2,1H3,(H,21,22,25). The number of rotatable bonds is 6. The fourth-order valence-corrected chi connectivity index (χ4v) is 4.19. The molecule has 0 aliphatic rings. The van der Waals surface area contributed by atoms with Gasteiger partial charge in [-0.3, -0.25) is 4.79 Å². The zero-order valence-corrected chi connectivity index (χ0v) is 17.2. The third-order valence-electron chi connectivity index (χ3n) is 3.96. The van der Waals surface area contributed by atoms with Crippen LogP contribution in [0.15, 0.2) is 45.5 Å². The summed E-state index contributed by atoms with van der Waals surface area (Å²) in [6.07, 6.45) is 0.609. The van der Waals surface area contributed by atoms with Crippen molar-refractivity contribution >= 4 is 45.3 Å². The lowest BCUT2D eigenvalue weighted by molar-refractivity contribution is -0.116. The SMILES string of the molecule is Cc1sc(NC(=O)CCc2nnc(-c3ccsc3)o2)nc1-c1ccc(Cl)cc1. The molecule has 0 bridgehead atoms. The van der Waals surface area contributed by atoms with Crippen LogP contribution in [0.1, 0.15) is 17.2 Å². The molecule has 1 aromatic carbocycles. The van der Waals surface area contributed by atoms with E-state index in [-0.39, 0.29) is 12.3 Å². The summed E-state index contributed by atoms with van der Waals surface area (Å²) in [5.74, 6) is 0.764. The van der Waals surface area contributed by atoms with Crippen molar-refractivity contribution in [2.45, 2.75) is 19.8 Å². The van der Waals surface area contributed by atoms with Gasteiger partial charge in [0, 0.05) is 39.2 Å². The molecule has 142 valence electrons. The fraction of sp³-hybridized carbons (Fsp3) is 0.158. The van der Waals surface area contributed by atoms with Gasteiger partial charge in [-0.1, -0.05) is 23.7 Å². The molecule has 9 heteroatoms. The first-order valence-corrected chi connectivity index (χ1v) is 10.6. The van der Waals surface area contributed by atoms with Crippen LogP contribution in [0, 0.1) is 6.92 Å². The van der Waals surface area contributed by atoms with E-state index in [0.29, 0.717) is 28.4 Å². The minimum Gasteiger partial charge on any atom is -0.421 e. The Labute approximate surface area is 174 Å². The first-order valence-electron chi connectivity index (χ1n) is 8.46. The van der Waals surface area contributed by atoms with Crippen LogP contribution >= 0.6 is 34.3 Å². The van der Waals surface area contributed by atoms with Crippen LogP contribution in [0.5, 0.6) is 0 Å². The van der Waals surface area contributed by atoms with E-state index >= 15 is 0 Å². The van der Waals surface area contributed by atoms with E-state index < -0.39 is 0 Å². The highest BCUT2D eigenvalue weighted by molar-refractivity contribution is 7.16. The van der Waals surface area contributed by atoms with Crippen molar-refractivity contribution < 1.29 is 9.21 Å². The number of thiazole rings is 1. The van der Waals surface area contributed by atoms with Crippen molar-refractivity contribution in [1.82, 2.24) is 15.2 Å². The number of nitrogens with zero attached hydrogens (tertiary/aromatic N) is 3. The van der Waals surface area contributed by atoms with Gasteiger partial charge >= 0.3 is 0 Å². The molecule has 0 unspecified atom stereocenters. The molecule has 0 aliphatic heterocycles. The maximum absolute atomic E-state index is 12.3. The average Bonchev–Trinajstić information content (AvgIpc) is 3.41. The Morgan fingerprint density at radius 3 is 2.75 bits per heavy atom. The second-order valence-electron chi connectivity index (χ2n) is 5.99. The third-order valence-corrected chi connectivity index (χ3v) is 5.78. The fourth-order valence-electron chi connectivity index (χ4n) is 2.59. The molecule has 3 heterocycles. The highest BCUT2D eigenvalue weighted by Gasteiger charge is 2.14. The summed E-state index contributed by atoms with van der Waals surface area (Å²) in [6.45, 7) is 1.97. The van der Waals surface area contributed by atoms with Gasteiger partial charge in [-0.05, 0) is 30.5 Å². The minimum atomic E-state index is -0.147. The van der Waals surface area contributed by atoms with E-state index in [4.69, 9.17) is 16.0 Å².